The Balaban J connectivity index is 1.39. The van der Waals surface area contributed by atoms with Crippen LogP contribution >= 0.6 is 0 Å². The number of carbonyl (C=O) groups is 1. The van der Waals surface area contributed by atoms with Gasteiger partial charge >= 0.3 is 6.03 Å². The fourth-order valence-electron chi connectivity index (χ4n) is 3.22. The van der Waals surface area contributed by atoms with Crippen molar-refractivity contribution >= 4 is 11.7 Å². The molecule has 1 saturated heterocycles. The van der Waals surface area contributed by atoms with Crippen LogP contribution in [0.3, 0.4) is 0 Å². The molecule has 1 saturated carbocycles. The maximum absolute atomic E-state index is 12.4. The van der Waals surface area contributed by atoms with E-state index in [4.69, 9.17) is 9.15 Å². The van der Waals surface area contributed by atoms with E-state index in [2.05, 4.69) is 15.6 Å². The standard InChI is InChI=1S/C18H21N3O3/c22-18(20-13-7-10-24-16(11-13)12-5-6-12)21-14-3-1-8-19-17(14)15-4-2-9-23-15/h1-4,8-9,12-13,16H,5-7,10-11H2,(H2,20,21,22)/t13-,16+/m0/s1. The fourth-order valence-corrected chi connectivity index (χ4v) is 3.22. The van der Waals surface area contributed by atoms with E-state index in [9.17, 15) is 4.79 Å². The van der Waals surface area contributed by atoms with Crippen molar-refractivity contribution in [1.82, 2.24) is 10.3 Å². The SMILES string of the molecule is O=C(Nc1cccnc1-c1ccco1)N[C@H]1CCO[C@@H](C2CC2)C1. The van der Waals surface area contributed by atoms with Gasteiger partial charge in [-0.2, -0.15) is 0 Å². The number of aromatic nitrogens is 1. The number of urea groups is 1. The highest BCUT2D eigenvalue weighted by Crippen LogP contribution is 2.38. The average Bonchev–Trinajstić information content (AvgIpc) is 3.31. The third-order valence-corrected chi connectivity index (χ3v) is 4.61. The molecule has 2 atom stereocenters. The van der Waals surface area contributed by atoms with E-state index in [0.717, 1.165) is 19.4 Å². The topological polar surface area (TPSA) is 76.4 Å². The molecule has 1 aliphatic heterocycles. The number of furan rings is 1. The van der Waals surface area contributed by atoms with E-state index in [1.165, 1.54) is 12.8 Å². The first kappa shape index (κ1) is 15.2. The number of pyridine rings is 1. The van der Waals surface area contributed by atoms with Crippen LogP contribution < -0.4 is 10.6 Å². The summed E-state index contributed by atoms with van der Waals surface area (Å²) in [5, 5.41) is 5.96. The van der Waals surface area contributed by atoms with Gasteiger partial charge in [0.2, 0.25) is 0 Å². The Morgan fingerprint density at radius 1 is 1.21 bits per heavy atom. The van der Waals surface area contributed by atoms with Crippen molar-refractivity contribution in [3.63, 3.8) is 0 Å². The minimum atomic E-state index is -0.211. The minimum absolute atomic E-state index is 0.160. The van der Waals surface area contributed by atoms with E-state index < -0.39 is 0 Å². The number of anilines is 1. The van der Waals surface area contributed by atoms with Crippen LogP contribution in [0.2, 0.25) is 0 Å². The molecular formula is C18H21N3O3. The van der Waals surface area contributed by atoms with E-state index in [1.54, 1.807) is 24.6 Å². The Hall–Kier alpha value is -2.34. The number of nitrogens with one attached hydrogen (secondary N) is 2. The molecule has 2 aromatic rings. The molecule has 126 valence electrons. The summed E-state index contributed by atoms with van der Waals surface area (Å²) in [6.45, 7) is 0.719. The van der Waals surface area contributed by atoms with Crippen LogP contribution in [0, 0.1) is 5.92 Å². The number of hydrogen-bond donors (Lipinski definition) is 2. The molecule has 4 rings (SSSR count). The first-order chi connectivity index (χ1) is 11.8. The highest BCUT2D eigenvalue weighted by Gasteiger charge is 2.36. The molecule has 6 heteroatoms. The summed E-state index contributed by atoms with van der Waals surface area (Å²) in [7, 11) is 0. The molecule has 2 N–H and O–H groups in total. The zero-order chi connectivity index (χ0) is 16.4. The predicted octanol–water partition coefficient (Wildman–Crippen LogP) is 3.42. The molecule has 0 unspecified atom stereocenters. The zero-order valence-corrected chi connectivity index (χ0v) is 13.4. The van der Waals surface area contributed by atoms with Crippen molar-refractivity contribution in [2.24, 2.45) is 5.92 Å². The van der Waals surface area contributed by atoms with Crippen LogP contribution in [0.5, 0.6) is 0 Å². The second-order valence-electron chi connectivity index (χ2n) is 6.44. The number of nitrogens with zero attached hydrogens (tertiary/aromatic N) is 1. The van der Waals surface area contributed by atoms with Crippen LogP contribution in [-0.2, 0) is 4.74 Å². The van der Waals surface area contributed by atoms with Crippen LogP contribution in [0.15, 0.2) is 41.1 Å². The largest absolute Gasteiger partial charge is 0.463 e. The highest BCUT2D eigenvalue weighted by atomic mass is 16.5. The lowest BCUT2D eigenvalue weighted by molar-refractivity contribution is -0.00889. The van der Waals surface area contributed by atoms with Crippen LogP contribution in [0.4, 0.5) is 10.5 Å². The quantitative estimate of drug-likeness (QED) is 0.902. The number of amides is 2. The number of carbonyl (C=O) groups excluding carboxylic acids is 1. The third kappa shape index (κ3) is 3.43. The van der Waals surface area contributed by atoms with Crippen LogP contribution in [0.25, 0.3) is 11.5 Å². The van der Waals surface area contributed by atoms with Gasteiger partial charge < -0.3 is 19.8 Å². The van der Waals surface area contributed by atoms with E-state index >= 15 is 0 Å². The molecule has 0 radical (unpaired) electrons. The average molecular weight is 327 g/mol. The number of ether oxygens (including phenoxy) is 1. The van der Waals surface area contributed by atoms with Gasteiger partial charge in [0.1, 0.15) is 5.69 Å². The third-order valence-electron chi connectivity index (χ3n) is 4.61. The first-order valence-electron chi connectivity index (χ1n) is 8.47. The van der Waals surface area contributed by atoms with Gasteiger partial charge in [-0.1, -0.05) is 0 Å². The minimum Gasteiger partial charge on any atom is -0.463 e. The predicted molar refractivity (Wildman–Crippen MR) is 89.6 cm³/mol. The molecular weight excluding hydrogens is 306 g/mol. The van der Waals surface area contributed by atoms with Crippen LogP contribution in [-0.4, -0.2) is 29.8 Å². The van der Waals surface area contributed by atoms with Gasteiger partial charge in [0.15, 0.2) is 5.76 Å². The Kier molecular flexibility index (Phi) is 4.21. The lowest BCUT2D eigenvalue weighted by Crippen LogP contribution is -2.44. The van der Waals surface area contributed by atoms with Crippen molar-refractivity contribution < 1.29 is 13.9 Å². The van der Waals surface area contributed by atoms with Gasteiger partial charge in [0, 0.05) is 18.8 Å². The van der Waals surface area contributed by atoms with E-state index in [-0.39, 0.29) is 12.1 Å². The molecule has 2 fully saturated rings. The fraction of sp³-hybridized carbons (Fsp3) is 0.444. The Morgan fingerprint density at radius 3 is 2.92 bits per heavy atom. The summed E-state index contributed by atoms with van der Waals surface area (Å²) in [5.41, 5.74) is 1.26. The lowest BCUT2D eigenvalue weighted by Gasteiger charge is -2.30. The first-order valence-corrected chi connectivity index (χ1v) is 8.47. The molecule has 0 bridgehead atoms. The second-order valence-corrected chi connectivity index (χ2v) is 6.44. The maximum Gasteiger partial charge on any atom is 0.319 e. The number of hydrogen-bond acceptors (Lipinski definition) is 4. The summed E-state index contributed by atoms with van der Waals surface area (Å²) in [6, 6.07) is 7.18. The summed E-state index contributed by atoms with van der Waals surface area (Å²) >= 11 is 0. The Morgan fingerprint density at radius 2 is 2.12 bits per heavy atom. The molecule has 2 amide bonds. The van der Waals surface area contributed by atoms with Crippen molar-refractivity contribution in [2.45, 2.75) is 37.8 Å². The summed E-state index contributed by atoms with van der Waals surface area (Å²) < 4.78 is 11.2. The zero-order valence-electron chi connectivity index (χ0n) is 13.4. The summed E-state index contributed by atoms with van der Waals surface area (Å²) in [5.74, 6) is 1.33. The molecule has 6 nitrogen and oxygen atoms in total. The van der Waals surface area contributed by atoms with Gasteiger partial charge in [0.25, 0.3) is 0 Å². The highest BCUT2D eigenvalue weighted by molar-refractivity contribution is 5.93. The molecule has 2 aromatic heterocycles. The van der Waals surface area contributed by atoms with Gasteiger partial charge in [-0.25, -0.2) is 4.79 Å². The van der Waals surface area contributed by atoms with Gasteiger partial charge in [0.05, 0.1) is 18.1 Å². The van der Waals surface area contributed by atoms with Gasteiger partial charge in [-0.05, 0) is 55.9 Å². The van der Waals surface area contributed by atoms with Crippen molar-refractivity contribution in [2.75, 3.05) is 11.9 Å². The second kappa shape index (κ2) is 6.65. The summed E-state index contributed by atoms with van der Waals surface area (Å²) in [4.78, 5) is 16.7. The number of rotatable bonds is 4. The smallest absolute Gasteiger partial charge is 0.319 e. The molecule has 1 aliphatic carbocycles. The van der Waals surface area contributed by atoms with E-state index in [0.29, 0.717) is 29.2 Å². The Bertz CT molecular complexity index is 697. The van der Waals surface area contributed by atoms with Crippen molar-refractivity contribution in [3.05, 3.63) is 36.7 Å². The summed E-state index contributed by atoms with van der Waals surface area (Å²) in [6.07, 6.45) is 7.84. The Labute approximate surface area is 140 Å². The van der Waals surface area contributed by atoms with Crippen LogP contribution in [0.1, 0.15) is 25.7 Å². The molecule has 3 heterocycles. The normalized spacial score (nSPS) is 23.7. The van der Waals surface area contributed by atoms with Gasteiger partial charge in [-0.15, -0.1) is 0 Å². The molecule has 2 aliphatic rings. The van der Waals surface area contributed by atoms with Gasteiger partial charge in [-0.3, -0.25) is 4.98 Å². The molecule has 24 heavy (non-hydrogen) atoms. The van der Waals surface area contributed by atoms with E-state index in [1.807, 2.05) is 12.1 Å². The monoisotopic (exact) mass is 327 g/mol. The van der Waals surface area contributed by atoms with Crippen molar-refractivity contribution in [3.8, 4) is 11.5 Å². The molecule has 0 spiro atoms. The lowest BCUT2D eigenvalue weighted by atomic mass is 10.0. The van der Waals surface area contributed by atoms with Crippen molar-refractivity contribution in [1.29, 1.82) is 0 Å². The molecule has 0 aromatic carbocycles. The maximum atomic E-state index is 12.4.